The first kappa shape index (κ1) is 13.7. The number of hydrogen-bond acceptors (Lipinski definition) is 3. The number of aliphatic hydroxyl groups is 1. The maximum atomic E-state index is 9.37. The van der Waals surface area contributed by atoms with Gasteiger partial charge in [-0.3, -0.25) is 0 Å². The Balaban J connectivity index is 1.88. The van der Waals surface area contributed by atoms with E-state index in [-0.39, 0.29) is 5.88 Å². The Labute approximate surface area is 114 Å². The normalized spacial score (nSPS) is 21.6. The number of alkyl halides is 1. The van der Waals surface area contributed by atoms with E-state index in [0.29, 0.717) is 12.5 Å². The molecule has 0 radical (unpaired) electrons. The van der Waals surface area contributed by atoms with E-state index in [1.165, 1.54) is 18.4 Å². The zero-order chi connectivity index (χ0) is 12.8. The summed E-state index contributed by atoms with van der Waals surface area (Å²) in [4.78, 5) is 0. The van der Waals surface area contributed by atoms with Gasteiger partial charge in [0.15, 0.2) is 0 Å². The highest BCUT2D eigenvalue weighted by Gasteiger charge is 2.14. The number of nitrogens with one attached hydrogen (secondary N) is 2. The maximum absolute atomic E-state index is 9.37. The summed E-state index contributed by atoms with van der Waals surface area (Å²) in [6.07, 6.45) is 2.03. The van der Waals surface area contributed by atoms with Gasteiger partial charge in [0.2, 0.25) is 0 Å². The Bertz CT molecular complexity index is 349. The standard InChI is InChI=1S/C14H21ClN2O/c15-8-14(18)10-17-13-5-3-11(4-6-13)12-2-1-7-16-9-12/h3-6,12,14,16-18H,1-2,7-10H2. The molecule has 0 amide bonds. The van der Waals surface area contributed by atoms with Crippen molar-refractivity contribution in [2.75, 3.05) is 30.8 Å². The summed E-state index contributed by atoms with van der Waals surface area (Å²) in [5, 5.41) is 16.0. The van der Waals surface area contributed by atoms with Crippen LogP contribution in [0.4, 0.5) is 5.69 Å². The highest BCUT2D eigenvalue weighted by molar-refractivity contribution is 6.18. The third kappa shape index (κ3) is 3.87. The van der Waals surface area contributed by atoms with Crippen LogP contribution in [0.2, 0.25) is 0 Å². The fourth-order valence-electron chi connectivity index (χ4n) is 2.30. The molecule has 3 N–H and O–H groups in total. The zero-order valence-electron chi connectivity index (χ0n) is 10.5. The number of halogens is 1. The molecular formula is C14H21ClN2O. The van der Waals surface area contributed by atoms with Gasteiger partial charge >= 0.3 is 0 Å². The molecule has 1 saturated heterocycles. The predicted molar refractivity (Wildman–Crippen MR) is 76.5 cm³/mol. The molecular weight excluding hydrogens is 248 g/mol. The molecule has 1 aliphatic rings. The second-order valence-electron chi connectivity index (χ2n) is 4.85. The molecule has 1 aromatic carbocycles. The molecule has 3 nitrogen and oxygen atoms in total. The first-order valence-corrected chi connectivity index (χ1v) is 7.11. The lowest BCUT2D eigenvalue weighted by Crippen LogP contribution is -2.28. The molecule has 4 heteroatoms. The molecule has 0 saturated carbocycles. The van der Waals surface area contributed by atoms with E-state index in [2.05, 4.69) is 34.9 Å². The topological polar surface area (TPSA) is 44.3 Å². The Morgan fingerprint density at radius 1 is 1.39 bits per heavy atom. The molecule has 0 aliphatic carbocycles. The summed E-state index contributed by atoms with van der Waals surface area (Å²) in [5.74, 6) is 0.903. The van der Waals surface area contributed by atoms with Gasteiger partial charge in [0.25, 0.3) is 0 Å². The van der Waals surface area contributed by atoms with Gasteiger partial charge in [0.1, 0.15) is 0 Å². The minimum atomic E-state index is -0.492. The lowest BCUT2D eigenvalue weighted by atomic mass is 9.92. The summed E-state index contributed by atoms with van der Waals surface area (Å²) in [7, 11) is 0. The monoisotopic (exact) mass is 268 g/mol. The second-order valence-corrected chi connectivity index (χ2v) is 5.16. The molecule has 18 heavy (non-hydrogen) atoms. The molecule has 100 valence electrons. The lowest BCUT2D eigenvalue weighted by molar-refractivity contribution is 0.211. The van der Waals surface area contributed by atoms with Crippen molar-refractivity contribution in [3.63, 3.8) is 0 Å². The van der Waals surface area contributed by atoms with Crippen molar-refractivity contribution in [1.82, 2.24) is 5.32 Å². The molecule has 0 bridgehead atoms. The van der Waals surface area contributed by atoms with Crippen molar-refractivity contribution in [3.05, 3.63) is 29.8 Å². The fourth-order valence-corrected chi connectivity index (χ4v) is 2.41. The van der Waals surface area contributed by atoms with Gasteiger partial charge in [-0.15, -0.1) is 11.6 Å². The van der Waals surface area contributed by atoms with Crippen LogP contribution >= 0.6 is 11.6 Å². The molecule has 2 atom stereocenters. The first-order valence-electron chi connectivity index (χ1n) is 6.58. The van der Waals surface area contributed by atoms with Crippen molar-refractivity contribution in [3.8, 4) is 0 Å². The van der Waals surface area contributed by atoms with E-state index in [1.54, 1.807) is 0 Å². The molecule has 1 fully saturated rings. The third-order valence-corrected chi connectivity index (χ3v) is 3.76. The first-order chi connectivity index (χ1) is 8.79. The number of hydrogen-bond donors (Lipinski definition) is 3. The molecule has 2 rings (SSSR count). The summed E-state index contributed by atoms with van der Waals surface area (Å²) in [6, 6.07) is 8.50. The van der Waals surface area contributed by atoms with Crippen molar-refractivity contribution in [2.45, 2.75) is 24.9 Å². The number of benzene rings is 1. The van der Waals surface area contributed by atoms with Crippen molar-refractivity contribution in [2.24, 2.45) is 0 Å². The van der Waals surface area contributed by atoms with Gasteiger partial charge in [-0.2, -0.15) is 0 Å². The average molecular weight is 269 g/mol. The number of piperidine rings is 1. The van der Waals surface area contributed by atoms with E-state index in [9.17, 15) is 5.11 Å². The van der Waals surface area contributed by atoms with Gasteiger partial charge in [-0.25, -0.2) is 0 Å². The van der Waals surface area contributed by atoms with Crippen LogP contribution in [-0.2, 0) is 0 Å². The van der Waals surface area contributed by atoms with Crippen molar-refractivity contribution < 1.29 is 5.11 Å². The van der Waals surface area contributed by atoms with E-state index in [0.717, 1.165) is 18.8 Å². The van der Waals surface area contributed by atoms with Crippen molar-refractivity contribution >= 4 is 17.3 Å². The molecule has 1 aliphatic heterocycles. The van der Waals surface area contributed by atoms with Crippen LogP contribution in [0.25, 0.3) is 0 Å². The van der Waals surface area contributed by atoms with E-state index < -0.39 is 6.10 Å². The maximum Gasteiger partial charge on any atom is 0.0847 e. The summed E-state index contributed by atoms with van der Waals surface area (Å²) in [6.45, 7) is 2.72. The molecule has 0 spiro atoms. The highest BCUT2D eigenvalue weighted by Crippen LogP contribution is 2.24. The number of aliphatic hydroxyl groups excluding tert-OH is 1. The number of rotatable bonds is 5. The summed E-state index contributed by atoms with van der Waals surface area (Å²) in [5.41, 5.74) is 2.43. The van der Waals surface area contributed by atoms with Crippen LogP contribution in [0.15, 0.2) is 24.3 Å². The minimum absolute atomic E-state index is 0.263. The van der Waals surface area contributed by atoms with Crippen LogP contribution in [0.3, 0.4) is 0 Å². The van der Waals surface area contributed by atoms with Gasteiger partial charge in [0.05, 0.1) is 12.0 Å². The Hall–Kier alpha value is -0.770. The van der Waals surface area contributed by atoms with Gasteiger partial charge in [-0.1, -0.05) is 12.1 Å². The molecule has 1 heterocycles. The Morgan fingerprint density at radius 2 is 2.17 bits per heavy atom. The van der Waals surface area contributed by atoms with Gasteiger partial charge in [0, 0.05) is 18.8 Å². The average Bonchev–Trinajstić information content (AvgIpc) is 2.46. The molecule has 2 unspecified atom stereocenters. The van der Waals surface area contributed by atoms with Gasteiger partial charge in [-0.05, 0) is 43.0 Å². The van der Waals surface area contributed by atoms with Gasteiger partial charge < -0.3 is 15.7 Å². The van der Waals surface area contributed by atoms with Crippen LogP contribution in [-0.4, -0.2) is 36.7 Å². The fraction of sp³-hybridized carbons (Fsp3) is 0.571. The van der Waals surface area contributed by atoms with E-state index in [1.807, 2.05) is 0 Å². The zero-order valence-corrected chi connectivity index (χ0v) is 11.3. The smallest absolute Gasteiger partial charge is 0.0847 e. The highest BCUT2D eigenvalue weighted by atomic mass is 35.5. The predicted octanol–water partition coefficient (Wildman–Crippen LogP) is 2.17. The Morgan fingerprint density at radius 3 is 2.78 bits per heavy atom. The largest absolute Gasteiger partial charge is 0.390 e. The molecule has 1 aromatic rings. The third-order valence-electron chi connectivity index (χ3n) is 3.40. The lowest BCUT2D eigenvalue weighted by Gasteiger charge is -2.23. The second kappa shape index (κ2) is 6.98. The van der Waals surface area contributed by atoms with Crippen LogP contribution in [0.1, 0.15) is 24.3 Å². The van der Waals surface area contributed by atoms with E-state index in [4.69, 9.17) is 11.6 Å². The van der Waals surface area contributed by atoms with E-state index >= 15 is 0 Å². The Kier molecular flexibility index (Phi) is 5.29. The quantitative estimate of drug-likeness (QED) is 0.717. The summed E-state index contributed by atoms with van der Waals surface area (Å²) < 4.78 is 0. The summed E-state index contributed by atoms with van der Waals surface area (Å²) >= 11 is 5.55. The number of anilines is 1. The van der Waals surface area contributed by atoms with Crippen LogP contribution in [0, 0.1) is 0 Å². The van der Waals surface area contributed by atoms with Crippen LogP contribution < -0.4 is 10.6 Å². The van der Waals surface area contributed by atoms with Crippen LogP contribution in [0.5, 0.6) is 0 Å². The SMILES string of the molecule is OC(CCl)CNc1ccc(C2CCCNC2)cc1. The minimum Gasteiger partial charge on any atom is -0.390 e. The molecule has 0 aromatic heterocycles. The van der Waals surface area contributed by atoms with Crippen molar-refractivity contribution in [1.29, 1.82) is 0 Å².